The van der Waals surface area contributed by atoms with Crippen LogP contribution in [-0.4, -0.2) is 51.8 Å². The molecular formula is C24H26N4O3. The number of H-pyrrole nitrogens is 1. The van der Waals surface area contributed by atoms with E-state index >= 15 is 0 Å². The summed E-state index contributed by atoms with van der Waals surface area (Å²) in [5.74, 6) is 0.0858. The van der Waals surface area contributed by atoms with Crippen LogP contribution in [0.1, 0.15) is 40.0 Å². The molecule has 2 aromatic carbocycles. The quantitative estimate of drug-likeness (QED) is 0.514. The molecule has 1 saturated heterocycles. The lowest BCUT2D eigenvalue weighted by molar-refractivity contribution is -0.384. The van der Waals surface area contributed by atoms with Crippen molar-refractivity contribution in [2.45, 2.75) is 32.2 Å². The van der Waals surface area contributed by atoms with Gasteiger partial charge < -0.3 is 9.88 Å². The van der Waals surface area contributed by atoms with Gasteiger partial charge >= 0.3 is 0 Å². The van der Waals surface area contributed by atoms with Crippen molar-refractivity contribution in [1.29, 1.82) is 0 Å². The molecule has 2 aliphatic rings. The minimum atomic E-state index is -0.363. The van der Waals surface area contributed by atoms with Gasteiger partial charge in [0.25, 0.3) is 11.6 Å². The number of carbonyl (C=O) groups is 1. The van der Waals surface area contributed by atoms with E-state index < -0.39 is 0 Å². The Bertz CT molecular complexity index is 1140. The van der Waals surface area contributed by atoms with Crippen molar-refractivity contribution >= 4 is 22.5 Å². The van der Waals surface area contributed by atoms with Crippen LogP contribution in [0.25, 0.3) is 10.9 Å². The number of rotatable bonds is 4. The lowest BCUT2D eigenvalue weighted by Crippen LogP contribution is -2.48. The van der Waals surface area contributed by atoms with E-state index in [4.69, 9.17) is 0 Å². The fraction of sp³-hybridized carbons (Fsp3) is 0.375. The first-order valence-electron chi connectivity index (χ1n) is 11.0. The predicted octanol–water partition coefficient (Wildman–Crippen LogP) is 3.91. The molecule has 5 rings (SSSR count). The van der Waals surface area contributed by atoms with Gasteiger partial charge in [-0.2, -0.15) is 0 Å². The third kappa shape index (κ3) is 3.93. The number of hydrogen-bond acceptors (Lipinski definition) is 4. The lowest BCUT2D eigenvalue weighted by atomic mass is 9.95. The van der Waals surface area contributed by atoms with Crippen molar-refractivity contribution in [2.24, 2.45) is 0 Å². The largest absolute Gasteiger partial charge is 0.358 e. The molecule has 1 aliphatic carbocycles. The van der Waals surface area contributed by atoms with Crippen molar-refractivity contribution < 1.29 is 9.72 Å². The Morgan fingerprint density at radius 2 is 1.84 bits per heavy atom. The van der Waals surface area contributed by atoms with Crippen LogP contribution in [0.15, 0.2) is 42.5 Å². The van der Waals surface area contributed by atoms with Crippen LogP contribution in [-0.2, 0) is 19.4 Å². The Balaban J connectivity index is 1.25. The SMILES string of the molecule is O=C(c1ccc2[nH]c3c(c2c1)CCCC3)N1CCN(Cc2cccc([N+](=O)[O-])c2)CC1. The number of non-ortho nitro benzene ring substituents is 1. The van der Waals surface area contributed by atoms with E-state index in [-0.39, 0.29) is 16.5 Å². The highest BCUT2D eigenvalue weighted by Crippen LogP contribution is 2.30. The van der Waals surface area contributed by atoms with Crippen molar-refractivity contribution in [3.8, 4) is 0 Å². The number of aromatic nitrogens is 1. The van der Waals surface area contributed by atoms with Crippen LogP contribution in [0.5, 0.6) is 0 Å². The molecule has 7 heteroatoms. The zero-order valence-corrected chi connectivity index (χ0v) is 17.5. The fourth-order valence-electron chi connectivity index (χ4n) is 4.86. The molecular weight excluding hydrogens is 392 g/mol. The van der Waals surface area contributed by atoms with E-state index in [1.807, 2.05) is 23.1 Å². The Labute approximate surface area is 180 Å². The number of piperazine rings is 1. The van der Waals surface area contributed by atoms with E-state index in [0.29, 0.717) is 19.6 Å². The topological polar surface area (TPSA) is 82.5 Å². The lowest BCUT2D eigenvalue weighted by Gasteiger charge is -2.34. The van der Waals surface area contributed by atoms with E-state index in [1.165, 1.54) is 35.6 Å². The molecule has 0 unspecified atom stereocenters. The molecule has 0 saturated carbocycles. The third-order valence-electron chi connectivity index (χ3n) is 6.53. The third-order valence-corrected chi connectivity index (χ3v) is 6.53. The molecule has 1 amide bonds. The van der Waals surface area contributed by atoms with Gasteiger partial charge in [0.2, 0.25) is 0 Å². The van der Waals surface area contributed by atoms with Gasteiger partial charge in [-0.25, -0.2) is 0 Å². The maximum atomic E-state index is 13.1. The summed E-state index contributed by atoms with van der Waals surface area (Å²) in [6, 6.07) is 12.8. The first-order chi connectivity index (χ1) is 15.1. The Hall–Kier alpha value is -3.19. The standard InChI is InChI=1S/C24H26N4O3/c29-24(18-8-9-23-21(15-18)20-6-1-2-7-22(20)25-23)27-12-10-26(11-13-27)16-17-4-3-5-19(14-17)28(30)31/h3-5,8-9,14-15,25H,1-2,6-7,10-13,16H2. The van der Waals surface area contributed by atoms with E-state index in [2.05, 4.69) is 16.0 Å². The summed E-state index contributed by atoms with van der Waals surface area (Å²) >= 11 is 0. The predicted molar refractivity (Wildman–Crippen MR) is 119 cm³/mol. The summed E-state index contributed by atoms with van der Waals surface area (Å²) in [7, 11) is 0. The average Bonchev–Trinajstić information content (AvgIpc) is 3.17. The highest BCUT2D eigenvalue weighted by molar-refractivity contribution is 5.99. The molecule has 31 heavy (non-hydrogen) atoms. The molecule has 160 valence electrons. The number of nitrogens with zero attached hydrogens (tertiary/aromatic N) is 3. The summed E-state index contributed by atoms with van der Waals surface area (Å²) in [6.45, 7) is 3.51. The van der Waals surface area contributed by atoms with Gasteiger partial charge in [-0.1, -0.05) is 12.1 Å². The van der Waals surface area contributed by atoms with Gasteiger partial charge in [0.15, 0.2) is 0 Å². The minimum absolute atomic E-state index is 0.0858. The minimum Gasteiger partial charge on any atom is -0.358 e. The molecule has 0 radical (unpaired) electrons. The second kappa shape index (κ2) is 8.15. The molecule has 2 heterocycles. The van der Waals surface area contributed by atoms with E-state index in [1.54, 1.807) is 12.1 Å². The van der Waals surface area contributed by atoms with Gasteiger partial charge in [-0.05, 0) is 55.0 Å². The van der Waals surface area contributed by atoms with Crippen molar-refractivity contribution in [3.63, 3.8) is 0 Å². The molecule has 1 fully saturated rings. The molecule has 0 atom stereocenters. The summed E-state index contributed by atoms with van der Waals surface area (Å²) in [5, 5.41) is 12.2. The molecule has 0 bridgehead atoms. The van der Waals surface area contributed by atoms with Crippen LogP contribution < -0.4 is 0 Å². The number of aromatic amines is 1. The van der Waals surface area contributed by atoms with Crippen LogP contribution >= 0.6 is 0 Å². The van der Waals surface area contributed by atoms with Crippen LogP contribution in [0.2, 0.25) is 0 Å². The van der Waals surface area contributed by atoms with Gasteiger partial charge in [-0.15, -0.1) is 0 Å². The fourth-order valence-corrected chi connectivity index (χ4v) is 4.86. The maximum Gasteiger partial charge on any atom is 0.269 e. The second-order valence-electron chi connectivity index (χ2n) is 8.54. The van der Waals surface area contributed by atoms with Crippen molar-refractivity contribution in [2.75, 3.05) is 26.2 Å². The highest BCUT2D eigenvalue weighted by atomic mass is 16.6. The Kier molecular flexibility index (Phi) is 5.19. The number of nitro benzene ring substituents is 1. The second-order valence-corrected chi connectivity index (χ2v) is 8.54. The molecule has 1 N–H and O–H groups in total. The average molecular weight is 418 g/mol. The van der Waals surface area contributed by atoms with E-state index in [9.17, 15) is 14.9 Å². The molecule has 7 nitrogen and oxygen atoms in total. The normalized spacial score (nSPS) is 17.0. The number of fused-ring (bicyclic) bond motifs is 3. The number of carbonyl (C=O) groups excluding carboxylic acids is 1. The van der Waals surface area contributed by atoms with Crippen molar-refractivity contribution in [1.82, 2.24) is 14.8 Å². The van der Waals surface area contributed by atoms with Gasteiger partial charge in [0.1, 0.15) is 0 Å². The summed E-state index contributed by atoms with van der Waals surface area (Å²) in [6.07, 6.45) is 4.62. The molecule has 1 aliphatic heterocycles. The summed E-state index contributed by atoms with van der Waals surface area (Å²) in [5.41, 5.74) is 5.65. The van der Waals surface area contributed by atoms with Gasteiger partial charge in [-0.3, -0.25) is 19.8 Å². The maximum absolute atomic E-state index is 13.1. The number of nitrogens with one attached hydrogen (secondary N) is 1. The molecule has 3 aromatic rings. The van der Waals surface area contributed by atoms with Crippen LogP contribution in [0.4, 0.5) is 5.69 Å². The first kappa shape index (κ1) is 19.8. The monoisotopic (exact) mass is 418 g/mol. The Morgan fingerprint density at radius 3 is 2.65 bits per heavy atom. The first-order valence-corrected chi connectivity index (χ1v) is 11.0. The number of benzene rings is 2. The molecule has 0 spiro atoms. The summed E-state index contributed by atoms with van der Waals surface area (Å²) in [4.78, 5) is 31.5. The zero-order valence-electron chi connectivity index (χ0n) is 17.5. The van der Waals surface area contributed by atoms with Gasteiger partial charge in [0.05, 0.1) is 4.92 Å². The zero-order chi connectivity index (χ0) is 21.4. The van der Waals surface area contributed by atoms with E-state index in [0.717, 1.165) is 42.6 Å². The van der Waals surface area contributed by atoms with Crippen LogP contribution in [0, 0.1) is 10.1 Å². The summed E-state index contributed by atoms with van der Waals surface area (Å²) < 4.78 is 0. The van der Waals surface area contributed by atoms with Gasteiger partial charge in [0, 0.05) is 67.0 Å². The van der Waals surface area contributed by atoms with Crippen LogP contribution in [0.3, 0.4) is 0 Å². The highest BCUT2D eigenvalue weighted by Gasteiger charge is 2.24. The molecule has 1 aromatic heterocycles. The van der Waals surface area contributed by atoms with Crippen molar-refractivity contribution in [3.05, 3.63) is 75.0 Å². The number of hydrogen-bond donors (Lipinski definition) is 1. The smallest absolute Gasteiger partial charge is 0.269 e. The Morgan fingerprint density at radius 1 is 1.03 bits per heavy atom. The number of amides is 1. The number of aryl methyl sites for hydroxylation is 2. The number of nitro groups is 1.